The quantitative estimate of drug-likeness (QED) is 0.0526. The third kappa shape index (κ3) is 10.8. The smallest absolute Gasteiger partial charge is 0.302 e. The molecule has 15 heteroatoms. The average molecular weight is 1270 g/mol. The predicted octanol–water partition coefficient (Wildman–Crippen LogP) is 12.1. The van der Waals surface area contributed by atoms with Crippen molar-refractivity contribution in [2.45, 2.75) is 170 Å². The molecule has 15 rings (SSSR count). The molecule has 0 aromatic heterocycles. The molecule has 4 fully saturated rings. The van der Waals surface area contributed by atoms with E-state index in [1.165, 1.54) is 36.5 Å². The highest BCUT2D eigenvalue weighted by Crippen LogP contribution is 2.66. The molecule has 8 N–H and O–H groups in total. The lowest BCUT2D eigenvalue weighted by atomic mass is 9.55. The van der Waals surface area contributed by atoms with Crippen LogP contribution in [-0.4, -0.2) is 97.7 Å². The molecule has 4 aromatic carbocycles. The summed E-state index contributed by atoms with van der Waals surface area (Å²) >= 11 is 0. The van der Waals surface area contributed by atoms with Crippen molar-refractivity contribution in [1.29, 1.82) is 0 Å². The number of allylic oxidation sites excluding steroid dienone is 3. The molecule has 6 heterocycles. The summed E-state index contributed by atoms with van der Waals surface area (Å²) in [5.41, 5.74) is 20.1. The molecule has 0 amide bonds. The van der Waals surface area contributed by atoms with E-state index in [9.17, 15) is 20.1 Å². The van der Waals surface area contributed by atoms with Crippen LogP contribution in [0, 0.1) is 59.2 Å². The Balaban J connectivity index is 1.09. The standard InChI is InChI=1S/C76H88N4O9S2/c1-5-45-31-57-61(80-74(45)77)21-17-46-15-16-47-27-43-11-9-13-51(28-43)76(24-7-6-8-25-76)68(57)48-23-26-75(33-48)34-49-30-53(83)32-63(86-4)65(49)55-19-18-54-60(39-87-42(2)82)71(89-72(54)69(55)75)67-56-20-22-62-64(41-91-90-40-44-12-10-14-52(29-44)79-62)88-73(56)70(84)58(66(46)67)36-78-35-50(37-81)59(47)38-85-3/h9,11,13,18-20,22,28,30-32,44,46-48,50,52,59-60,62,64,68,71,74,78-81,83-84H,5-8,10,12,14,23-27,29,33-41,77H2,1-4H3. The van der Waals surface area contributed by atoms with Gasteiger partial charge in [-0.05, 0) is 139 Å². The first kappa shape index (κ1) is 61.2. The van der Waals surface area contributed by atoms with Crippen molar-refractivity contribution in [2.24, 2.45) is 41.2 Å². The van der Waals surface area contributed by atoms with Crippen LogP contribution in [0.15, 0.2) is 77.5 Å². The van der Waals surface area contributed by atoms with Crippen molar-refractivity contribution in [3.05, 3.63) is 128 Å². The van der Waals surface area contributed by atoms with E-state index in [1.807, 2.05) is 27.7 Å². The summed E-state index contributed by atoms with van der Waals surface area (Å²) in [5, 5.41) is 48.8. The van der Waals surface area contributed by atoms with E-state index in [4.69, 9.17) is 29.4 Å². The predicted molar refractivity (Wildman–Crippen MR) is 359 cm³/mol. The molecule has 91 heavy (non-hydrogen) atoms. The second kappa shape index (κ2) is 25.0. The van der Waals surface area contributed by atoms with Crippen molar-refractivity contribution >= 4 is 33.6 Å². The molecule has 6 aliphatic heterocycles. The van der Waals surface area contributed by atoms with Crippen LogP contribution in [0.4, 0.5) is 0 Å². The molecule has 4 aromatic rings. The van der Waals surface area contributed by atoms with Gasteiger partial charge < -0.3 is 60.7 Å². The van der Waals surface area contributed by atoms with Crippen LogP contribution in [0.2, 0.25) is 0 Å². The zero-order valence-electron chi connectivity index (χ0n) is 53.1. The fraction of sp³-hybridized carbons (Fsp3) is 0.539. The number of methoxy groups -OCH3 is 2. The number of fused-ring (bicyclic) bond motifs is 16. The van der Waals surface area contributed by atoms with Crippen LogP contribution in [-0.2, 0) is 44.5 Å². The van der Waals surface area contributed by atoms with E-state index in [0.29, 0.717) is 66.3 Å². The van der Waals surface area contributed by atoms with Gasteiger partial charge in [0.15, 0.2) is 11.5 Å². The Morgan fingerprint density at radius 1 is 0.934 bits per heavy atom. The minimum absolute atomic E-state index is 0.0133. The van der Waals surface area contributed by atoms with Gasteiger partial charge in [-0.1, -0.05) is 127 Å². The number of hydrogen-bond donors (Lipinski definition) is 7. The van der Waals surface area contributed by atoms with E-state index in [0.717, 1.165) is 132 Å². The van der Waals surface area contributed by atoms with Gasteiger partial charge in [0, 0.05) is 119 Å². The Morgan fingerprint density at radius 3 is 2.63 bits per heavy atom. The van der Waals surface area contributed by atoms with Crippen molar-refractivity contribution in [3.8, 4) is 63.6 Å². The van der Waals surface area contributed by atoms with Crippen molar-refractivity contribution in [2.75, 3.05) is 52.1 Å². The number of rotatable bonds is 7. The summed E-state index contributed by atoms with van der Waals surface area (Å²) < 4.78 is 34.4. The van der Waals surface area contributed by atoms with Gasteiger partial charge in [0.2, 0.25) is 0 Å². The highest BCUT2D eigenvalue weighted by molar-refractivity contribution is 8.76. The zero-order chi connectivity index (χ0) is 62.3. The monoisotopic (exact) mass is 1260 g/mol. The number of benzene rings is 4. The van der Waals surface area contributed by atoms with Crippen LogP contribution in [0.3, 0.4) is 0 Å². The van der Waals surface area contributed by atoms with Crippen molar-refractivity contribution in [3.63, 3.8) is 0 Å². The number of nitrogens with two attached hydrogens (primary N) is 1. The summed E-state index contributed by atoms with van der Waals surface area (Å²) in [6.07, 6.45) is 19.8. The number of aromatic hydroxyl groups is 2. The Labute approximate surface area is 544 Å². The third-order valence-electron chi connectivity index (χ3n) is 23.2. The molecular weight excluding hydrogens is 1180 g/mol. The van der Waals surface area contributed by atoms with E-state index in [2.05, 4.69) is 101 Å². The SMILES string of the molecule is CCC1=CC2=C(C#CC3C#CC4Cc5cccc(c5)C5(CCCCC5)C2C2CCC5(Cc6cc(O)cc(OC)c6-c6ccc7c(c65)OC(c5c6c(c(O)c(c53)CNCC(CO)C4COC)OC3CSSCC4CCCC(C4)NC3C=C6)C7COC(C)=O)C2)NC1N. The molecule has 3 saturated carbocycles. The molecule has 478 valence electrons. The second-order valence-corrected chi connectivity index (χ2v) is 30.9. The number of carbonyl (C=O) groups excluding carboxylic acids is 1. The number of carbonyl (C=O) groups is 1. The normalized spacial score (nSPS) is 32.2. The number of hydrogen-bond acceptors (Lipinski definition) is 15. The Morgan fingerprint density at radius 2 is 1.80 bits per heavy atom. The van der Waals surface area contributed by atoms with Gasteiger partial charge in [0.25, 0.3) is 0 Å². The van der Waals surface area contributed by atoms with E-state index < -0.39 is 35.5 Å². The summed E-state index contributed by atoms with van der Waals surface area (Å²) in [4.78, 5) is 13.5. The Hall–Kier alpha value is -6.01. The van der Waals surface area contributed by atoms with E-state index >= 15 is 0 Å². The second-order valence-electron chi connectivity index (χ2n) is 28.3. The van der Waals surface area contributed by atoms with Gasteiger partial charge in [-0.25, -0.2) is 0 Å². The topological polar surface area (TPSA) is 186 Å². The van der Waals surface area contributed by atoms with Crippen molar-refractivity contribution in [1.82, 2.24) is 16.0 Å². The Kier molecular flexibility index (Phi) is 16.8. The highest BCUT2D eigenvalue weighted by atomic mass is 33.1. The first-order valence-electron chi connectivity index (χ1n) is 33.9. The molecule has 14 atom stereocenters. The molecule has 11 aliphatic rings. The molecule has 2 spiro atoms. The number of phenolic OH excluding ortho intramolecular Hbond substituents is 2. The van der Waals surface area contributed by atoms with Gasteiger partial charge in [0.05, 0.1) is 37.5 Å². The van der Waals surface area contributed by atoms with Crippen LogP contribution < -0.4 is 35.9 Å². The van der Waals surface area contributed by atoms with Crippen LogP contribution in [0.25, 0.3) is 17.2 Å². The first-order valence-corrected chi connectivity index (χ1v) is 36.4. The minimum atomic E-state index is -0.854. The maximum absolute atomic E-state index is 13.7. The average Bonchev–Trinajstić information content (AvgIpc) is 1.61. The summed E-state index contributed by atoms with van der Waals surface area (Å²) in [5.74, 6) is 17.7. The fourth-order valence-corrected chi connectivity index (χ4v) is 21.8. The third-order valence-corrected chi connectivity index (χ3v) is 25.8. The molecular formula is C76H88N4O9S2. The van der Waals surface area contributed by atoms with E-state index in [1.54, 1.807) is 20.3 Å². The van der Waals surface area contributed by atoms with Gasteiger partial charge >= 0.3 is 5.97 Å². The largest absolute Gasteiger partial charge is 0.508 e. The highest BCUT2D eigenvalue weighted by Gasteiger charge is 2.57. The van der Waals surface area contributed by atoms with Crippen LogP contribution in [0.1, 0.15) is 165 Å². The number of esters is 1. The van der Waals surface area contributed by atoms with Gasteiger partial charge in [-0.15, -0.1) is 0 Å². The lowest BCUT2D eigenvalue weighted by molar-refractivity contribution is -0.141. The lowest BCUT2D eigenvalue weighted by Crippen LogP contribution is -2.49. The van der Waals surface area contributed by atoms with Gasteiger partial charge in [-0.2, -0.15) is 0 Å². The molecule has 0 radical (unpaired) electrons. The van der Waals surface area contributed by atoms with E-state index in [-0.39, 0.29) is 78.4 Å². The van der Waals surface area contributed by atoms with Gasteiger partial charge in [0.1, 0.15) is 42.0 Å². The fourth-order valence-electron chi connectivity index (χ4n) is 19.1. The number of aliphatic hydroxyl groups excluding tert-OH is 1. The number of ether oxygens (including phenoxy) is 5. The first-order chi connectivity index (χ1) is 44.4. The molecule has 14 unspecified atom stereocenters. The van der Waals surface area contributed by atoms with Crippen LogP contribution >= 0.6 is 21.6 Å². The summed E-state index contributed by atoms with van der Waals surface area (Å²) in [6.45, 7) is 4.55. The number of phenols is 2. The number of nitrogens with one attached hydrogen (secondary N) is 3. The number of aliphatic hydroxyl groups is 1. The summed E-state index contributed by atoms with van der Waals surface area (Å²) in [6, 6.07) is 17.7. The summed E-state index contributed by atoms with van der Waals surface area (Å²) in [7, 11) is 7.20. The minimum Gasteiger partial charge on any atom is -0.508 e. The molecule has 13 nitrogen and oxygen atoms in total. The van der Waals surface area contributed by atoms with Crippen molar-refractivity contribution < 1.29 is 43.8 Å². The molecule has 5 aliphatic carbocycles. The molecule has 1 saturated heterocycles. The van der Waals surface area contributed by atoms with Crippen LogP contribution in [0.5, 0.6) is 28.7 Å². The maximum Gasteiger partial charge on any atom is 0.302 e. The zero-order valence-corrected chi connectivity index (χ0v) is 54.7. The van der Waals surface area contributed by atoms with Gasteiger partial charge in [-0.3, -0.25) is 4.79 Å². The lowest BCUT2D eigenvalue weighted by Gasteiger charge is -2.49. The Bertz CT molecular complexity index is 3770. The maximum atomic E-state index is 13.7. The number of dihydropyridines is 1. The molecule has 11 bridgehead atoms.